The molecule has 0 spiro atoms. The number of nitrogens with one attached hydrogen (secondary N) is 2. The minimum Gasteiger partial charge on any atom is -0.480 e. The second kappa shape index (κ2) is 9.43. The average Bonchev–Trinajstić information content (AvgIpc) is 3.05. The number of carboxylic acid groups (broad SMARTS) is 1. The van der Waals surface area contributed by atoms with Gasteiger partial charge in [-0.25, -0.2) is 4.79 Å². The number of carbonyl (C=O) groups excluding carboxylic acids is 2. The van der Waals surface area contributed by atoms with Crippen LogP contribution in [0.4, 0.5) is 4.79 Å². The molecule has 2 atom stereocenters. The number of rotatable bonds is 8. The number of amides is 2. The molecule has 0 radical (unpaired) electrons. The lowest BCUT2D eigenvalue weighted by Gasteiger charge is -2.19. The van der Waals surface area contributed by atoms with Crippen molar-refractivity contribution in [1.29, 1.82) is 0 Å². The summed E-state index contributed by atoms with van der Waals surface area (Å²) >= 11 is 0. The lowest BCUT2D eigenvalue weighted by molar-refractivity contribution is -0.141. The van der Waals surface area contributed by atoms with Gasteiger partial charge in [0.1, 0.15) is 12.6 Å². The van der Waals surface area contributed by atoms with Crippen molar-refractivity contribution in [2.75, 3.05) is 6.61 Å². The Labute approximate surface area is 175 Å². The van der Waals surface area contributed by atoms with Gasteiger partial charge in [0.2, 0.25) is 5.91 Å². The van der Waals surface area contributed by atoms with Gasteiger partial charge in [-0.15, -0.1) is 0 Å². The third kappa shape index (κ3) is 4.79. The van der Waals surface area contributed by atoms with E-state index < -0.39 is 30.1 Å². The first kappa shape index (κ1) is 21.4. The molecule has 7 nitrogen and oxygen atoms in total. The fourth-order valence-electron chi connectivity index (χ4n) is 3.69. The molecule has 7 heteroatoms. The van der Waals surface area contributed by atoms with Gasteiger partial charge in [-0.1, -0.05) is 55.5 Å². The Balaban J connectivity index is 1.58. The molecule has 3 N–H and O–H groups in total. The highest BCUT2D eigenvalue weighted by Gasteiger charge is 2.29. The first-order valence-electron chi connectivity index (χ1n) is 10.0. The predicted octanol–water partition coefficient (Wildman–Crippen LogP) is 3.28. The Morgan fingerprint density at radius 3 is 2.10 bits per heavy atom. The largest absolute Gasteiger partial charge is 0.480 e. The van der Waals surface area contributed by atoms with Crippen LogP contribution in [0.5, 0.6) is 0 Å². The topological polar surface area (TPSA) is 105 Å². The fraction of sp³-hybridized carbons (Fsp3) is 0.348. The molecule has 3 rings (SSSR count). The summed E-state index contributed by atoms with van der Waals surface area (Å²) in [6, 6.07) is 14.7. The summed E-state index contributed by atoms with van der Waals surface area (Å²) in [5.74, 6) is -1.58. The number of alkyl carbamates (subject to hydrolysis) is 1. The van der Waals surface area contributed by atoms with Crippen molar-refractivity contribution >= 4 is 18.0 Å². The zero-order valence-corrected chi connectivity index (χ0v) is 17.1. The molecule has 0 aromatic heterocycles. The van der Waals surface area contributed by atoms with E-state index in [-0.39, 0.29) is 18.9 Å². The minimum absolute atomic E-state index is 0.0156. The van der Waals surface area contributed by atoms with Crippen molar-refractivity contribution in [3.63, 3.8) is 0 Å². The van der Waals surface area contributed by atoms with Gasteiger partial charge in [-0.05, 0) is 35.6 Å². The number of hydrogen-bond donors (Lipinski definition) is 3. The van der Waals surface area contributed by atoms with Gasteiger partial charge in [0.15, 0.2) is 0 Å². The van der Waals surface area contributed by atoms with E-state index in [0.29, 0.717) is 6.42 Å². The molecule has 0 aliphatic heterocycles. The second-order valence-electron chi connectivity index (χ2n) is 7.41. The molecule has 158 valence electrons. The molecule has 2 aromatic rings. The van der Waals surface area contributed by atoms with Crippen LogP contribution in [0.15, 0.2) is 48.5 Å². The van der Waals surface area contributed by atoms with Crippen LogP contribution in [-0.4, -0.2) is 41.8 Å². The van der Waals surface area contributed by atoms with Crippen molar-refractivity contribution in [2.24, 2.45) is 0 Å². The number of carbonyl (C=O) groups is 3. The lowest BCUT2D eigenvalue weighted by Crippen LogP contribution is -2.43. The summed E-state index contributed by atoms with van der Waals surface area (Å²) in [7, 11) is 0. The monoisotopic (exact) mass is 410 g/mol. The van der Waals surface area contributed by atoms with E-state index in [2.05, 4.69) is 22.8 Å². The van der Waals surface area contributed by atoms with Crippen LogP contribution < -0.4 is 10.6 Å². The van der Waals surface area contributed by atoms with Gasteiger partial charge >= 0.3 is 12.1 Å². The number of fused-ring (bicyclic) bond motifs is 3. The summed E-state index contributed by atoms with van der Waals surface area (Å²) in [5.41, 5.74) is 4.55. The molecule has 2 amide bonds. The highest BCUT2D eigenvalue weighted by Crippen LogP contribution is 2.44. The summed E-state index contributed by atoms with van der Waals surface area (Å²) in [4.78, 5) is 35.2. The molecule has 1 unspecified atom stereocenters. The van der Waals surface area contributed by atoms with Crippen molar-refractivity contribution in [3.8, 4) is 11.1 Å². The SMILES string of the molecule is CC[C@H](CC(=O)NC(C)C(=O)O)NC(=O)OCC1c2ccccc2-c2ccccc21. The Bertz CT molecular complexity index is 897. The number of ether oxygens (including phenoxy) is 1. The van der Waals surface area contributed by atoms with Crippen molar-refractivity contribution in [3.05, 3.63) is 59.7 Å². The molecular weight excluding hydrogens is 384 g/mol. The maximum absolute atomic E-state index is 12.3. The Morgan fingerprint density at radius 2 is 1.57 bits per heavy atom. The molecule has 1 aliphatic rings. The molecule has 30 heavy (non-hydrogen) atoms. The summed E-state index contributed by atoms with van der Waals surface area (Å²) in [6.45, 7) is 3.42. The molecule has 0 heterocycles. The predicted molar refractivity (Wildman–Crippen MR) is 112 cm³/mol. The number of benzene rings is 2. The lowest BCUT2D eigenvalue weighted by atomic mass is 9.98. The number of aliphatic carboxylic acids is 1. The summed E-state index contributed by atoms with van der Waals surface area (Å²) in [5, 5.41) is 14.0. The van der Waals surface area contributed by atoms with Gasteiger partial charge in [0.25, 0.3) is 0 Å². The maximum Gasteiger partial charge on any atom is 0.407 e. The third-order valence-electron chi connectivity index (χ3n) is 5.34. The molecule has 2 aromatic carbocycles. The number of carboxylic acids is 1. The average molecular weight is 410 g/mol. The zero-order valence-electron chi connectivity index (χ0n) is 17.1. The molecule has 0 saturated heterocycles. The van der Waals surface area contributed by atoms with Gasteiger partial charge < -0.3 is 20.5 Å². The maximum atomic E-state index is 12.3. The molecule has 0 saturated carbocycles. The van der Waals surface area contributed by atoms with E-state index in [9.17, 15) is 14.4 Å². The van der Waals surface area contributed by atoms with Crippen LogP contribution >= 0.6 is 0 Å². The quantitative estimate of drug-likeness (QED) is 0.619. The van der Waals surface area contributed by atoms with Crippen molar-refractivity contribution in [1.82, 2.24) is 10.6 Å². The first-order valence-corrected chi connectivity index (χ1v) is 10.0. The van der Waals surface area contributed by atoms with Crippen molar-refractivity contribution in [2.45, 2.75) is 44.7 Å². The van der Waals surface area contributed by atoms with Gasteiger partial charge in [0.05, 0.1) is 0 Å². The van der Waals surface area contributed by atoms with Gasteiger partial charge in [-0.2, -0.15) is 0 Å². The molecular formula is C23H26N2O5. The van der Waals surface area contributed by atoms with Crippen LogP contribution in [0, 0.1) is 0 Å². The summed E-state index contributed by atoms with van der Waals surface area (Å²) in [6.07, 6.45) is -0.0972. The van der Waals surface area contributed by atoms with E-state index in [1.165, 1.54) is 6.92 Å². The van der Waals surface area contributed by atoms with Crippen LogP contribution in [0.25, 0.3) is 11.1 Å². The van der Waals surface area contributed by atoms with Gasteiger partial charge in [-0.3, -0.25) is 9.59 Å². The molecule has 1 aliphatic carbocycles. The Kier molecular flexibility index (Phi) is 6.72. The zero-order chi connectivity index (χ0) is 21.7. The summed E-state index contributed by atoms with van der Waals surface area (Å²) < 4.78 is 5.50. The second-order valence-corrected chi connectivity index (χ2v) is 7.41. The highest BCUT2D eigenvalue weighted by atomic mass is 16.5. The van der Waals surface area contributed by atoms with Crippen LogP contribution in [0.1, 0.15) is 43.7 Å². The van der Waals surface area contributed by atoms with Crippen LogP contribution in [0.3, 0.4) is 0 Å². The highest BCUT2D eigenvalue weighted by molar-refractivity contribution is 5.84. The normalized spacial score (nSPS) is 14.2. The fourth-order valence-corrected chi connectivity index (χ4v) is 3.69. The minimum atomic E-state index is -1.11. The van der Waals surface area contributed by atoms with Gasteiger partial charge in [0, 0.05) is 18.4 Å². The molecule has 0 fully saturated rings. The molecule has 0 bridgehead atoms. The smallest absolute Gasteiger partial charge is 0.407 e. The van der Waals surface area contributed by atoms with E-state index >= 15 is 0 Å². The Morgan fingerprint density at radius 1 is 1.00 bits per heavy atom. The van der Waals surface area contributed by atoms with E-state index in [0.717, 1.165) is 22.3 Å². The van der Waals surface area contributed by atoms with Crippen LogP contribution in [-0.2, 0) is 14.3 Å². The third-order valence-corrected chi connectivity index (χ3v) is 5.34. The van der Waals surface area contributed by atoms with E-state index in [4.69, 9.17) is 9.84 Å². The standard InChI is InChI=1S/C23H26N2O5/c1-3-15(12-21(26)24-14(2)22(27)28)25-23(29)30-13-20-18-10-6-4-8-16(18)17-9-5-7-11-19(17)20/h4-11,14-15,20H,3,12-13H2,1-2H3,(H,24,26)(H,25,29)(H,27,28)/t14?,15-/m1/s1. The number of hydrogen-bond acceptors (Lipinski definition) is 4. The van der Waals surface area contributed by atoms with Crippen LogP contribution in [0.2, 0.25) is 0 Å². The van der Waals surface area contributed by atoms with Crippen molar-refractivity contribution < 1.29 is 24.2 Å². The van der Waals surface area contributed by atoms with E-state index in [1.807, 2.05) is 43.3 Å². The van der Waals surface area contributed by atoms with E-state index in [1.54, 1.807) is 0 Å². The Hall–Kier alpha value is -3.35. The first-order chi connectivity index (χ1) is 14.4.